The van der Waals surface area contributed by atoms with Crippen LogP contribution in [-0.2, 0) is 16.1 Å². The first-order chi connectivity index (χ1) is 4.31. The van der Waals surface area contributed by atoms with E-state index in [9.17, 15) is 22.0 Å². The average Bonchev–Trinajstić information content (AvgIpc) is 1.61. The quantitative estimate of drug-likeness (QED) is 0.388. The van der Waals surface area contributed by atoms with Crippen LogP contribution < -0.4 is 0 Å². The molecule has 0 aromatic carbocycles. The molecule has 0 fully saturated rings. The number of thiol groups is 1. The molecule has 0 amide bonds. The van der Waals surface area contributed by atoms with Crippen LogP contribution in [0.15, 0.2) is 0 Å². The summed E-state index contributed by atoms with van der Waals surface area (Å²) in [5.74, 6) is 0. The van der Waals surface area contributed by atoms with Crippen LogP contribution in [0.3, 0.4) is 0 Å². The molecule has 0 saturated heterocycles. The second-order valence-corrected chi connectivity index (χ2v) is 1.51. The molecular weight excluding hydrogens is 190 g/mol. The van der Waals surface area contributed by atoms with Gasteiger partial charge in [0.2, 0.25) is 0 Å². The summed E-state index contributed by atoms with van der Waals surface area (Å²) in [6.45, 7) is 0. The summed E-state index contributed by atoms with van der Waals surface area (Å²) in [6.07, 6.45) is -11.2. The minimum atomic E-state index is -5.82. The summed E-state index contributed by atoms with van der Waals surface area (Å²) in [7, 11) is 0. The molecule has 0 saturated carbocycles. The van der Waals surface area contributed by atoms with E-state index in [1.165, 1.54) is 0 Å². The number of alkyl halides is 5. The fourth-order valence-electron chi connectivity index (χ4n) is 0.0986. The molecule has 0 heterocycles. The molecule has 0 atom stereocenters. The van der Waals surface area contributed by atoms with E-state index >= 15 is 0 Å². The third-order valence-corrected chi connectivity index (χ3v) is 0.786. The molecule has 0 aliphatic heterocycles. The first-order valence-electron chi connectivity index (χ1n) is 1.76. The molecule has 64 valence electrons. The predicted octanol–water partition coefficient (Wildman–Crippen LogP) is 0.370. The molecule has 2 nitrogen and oxygen atoms in total. The molecule has 0 aromatic rings. The number of hydrogen-bond donors (Lipinski definition) is 1. The van der Waals surface area contributed by atoms with Gasteiger partial charge in [-0.3, -0.25) is 0 Å². The molecule has 0 radical (unpaired) electrons. The Kier molecular flexibility index (Phi) is 5.57. The fourth-order valence-corrected chi connectivity index (χ4v) is 0.296. The zero-order chi connectivity index (χ0) is 8.41. The van der Waals surface area contributed by atoms with E-state index in [0.29, 0.717) is 0 Å². The molecule has 0 N–H and O–H groups in total. The topological polar surface area (TPSA) is 26.3 Å². The molecule has 11 heavy (non-hydrogen) atoms. The van der Waals surface area contributed by atoms with Crippen molar-refractivity contribution < 1.29 is 30.3 Å². The first kappa shape index (κ1) is 13.9. The van der Waals surface area contributed by atoms with Crippen molar-refractivity contribution in [2.45, 2.75) is 12.3 Å². The Bertz CT molecular complexity index is 135. The van der Waals surface area contributed by atoms with E-state index < -0.39 is 24.2 Å². The molecule has 0 aliphatic carbocycles. The van der Waals surface area contributed by atoms with Gasteiger partial charge in [-0.15, -0.1) is 0 Å². The van der Waals surface area contributed by atoms with Crippen LogP contribution in [0.4, 0.5) is 22.0 Å². The van der Waals surface area contributed by atoms with E-state index in [4.69, 9.17) is 4.21 Å². The van der Waals surface area contributed by atoms with Crippen LogP contribution in [0.1, 0.15) is 0 Å². The average molecular weight is 192 g/mol. The van der Waals surface area contributed by atoms with Gasteiger partial charge >= 0.3 is 31.1 Å². The Morgan fingerprint density at radius 1 is 1.09 bits per heavy atom. The summed E-state index contributed by atoms with van der Waals surface area (Å²) in [6, 6.07) is 0. The van der Waals surface area contributed by atoms with Crippen LogP contribution in [0.25, 0.3) is 0 Å². The van der Waals surface area contributed by atoms with Gasteiger partial charge in [-0.25, -0.2) is 8.39 Å². The molecule has 9 heteroatoms. The van der Waals surface area contributed by atoms with Crippen molar-refractivity contribution in [2.75, 3.05) is 0 Å². The molecule has 0 bridgehead atoms. The Hall–Kier alpha value is 0.357. The zero-order valence-corrected chi connectivity index (χ0v) is 5.05. The maximum atomic E-state index is 11.4. The predicted molar refractivity (Wildman–Crippen MR) is 28.8 cm³/mol. The minimum absolute atomic E-state index is 0. The molecule has 0 rings (SSSR count). The standard InChI is InChI=1S/C2HF5O2S.Li.H/c3-1(4,5)2(6,7)9-10-8;;/h10H;;. The van der Waals surface area contributed by atoms with Gasteiger partial charge in [0.25, 0.3) is 0 Å². The molecule has 0 unspecified atom stereocenters. The first-order valence-corrected chi connectivity index (χ1v) is 2.49. The van der Waals surface area contributed by atoms with Gasteiger partial charge in [-0.2, -0.15) is 22.0 Å². The Morgan fingerprint density at radius 2 is 1.45 bits per heavy atom. The van der Waals surface area contributed by atoms with Gasteiger partial charge in [0.15, 0.2) is 0 Å². The summed E-state index contributed by atoms with van der Waals surface area (Å²) < 4.78 is 67.5. The second kappa shape index (κ2) is 4.40. The van der Waals surface area contributed by atoms with Gasteiger partial charge in [0.1, 0.15) is 11.9 Å². The number of halogens is 5. The van der Waals surface area contributed by atoms with Crippen molar-refractivity contribution >= 4 is 30.8 Å². The molecular formula is C2H2F5LiO2S. The van der Waals surface area contributed by atoms with Crippen LogP contribution in [0.5, 0.6) is 0 Å². The molecule has 0 aliphatic rings. The third-order valence-electron chi connectivity index (χ3n) is 0.482. The molecule has 0 aromatic heterocycles. The van der Waals surface area contributed by atoms with E-state index in [-0.39, 0.29) is 18.9 Å². The van der Waals surface area contributed by atoms with Crippen LogP contribution >= 0.6 is 0 Å². The monoisotopic (exact) mass is 192 g/mol. The normalized spacial score (nSPS) is 12.5. The Labute approximate surface area is 74.0 Å². The van der Waals surface area contributed by atoms with Crippen molar-refractivity contribution in [3.8, 4) is 0 Å². The van der Waals surface area contributed by atoms with E-state index in [1.54, 1.807) is 0 Å². The van der Waals surface area contributed by atoms with Crippen molar-refractivity contribution in [3.05, 3.63) is 0 Å². The van der Waals surface area contributed by atoms with Crippen molar-refractivity contribution in [2.24, 2.45) is 0 Å². The summed E-state index contributed by atoms with van der Waals surface area (Å²) in [5.41, 5.74) is 0. The van der Waals surface area contributed by atoms with Crippen LogP contribution in [-0.4, -0.2) is 35.4 Å². The zero-order valence-electron chi connectivity index (χ0n) is 4.15. The van der Waals surface area contributed by atoms with Gasteiger partial charge in [-0.05, 0) is 0 Å². The second-order valence-electron chi connectivity index (χ2n) is 1.18. The van der Waals surface area contributed by atoms with Gasteiger partial charge in [-0.1, -0.05) is 0 Å². The van der Waals surface area contributed by atoms with Crippen molar-refractivity contribution in [1.82, 2.24) is 0 Å². The maximum absolute atomic E-state index is 11.4. The Balaban J connectivity index is 0. The SMILES string of the molecule is O=[SH]OC(F)(F)C(F)(F)F.[LiH]. The fraction of sp³-hybridized carbons (Fsp3) is 1.00. The summed E-state index contributed by atoms with van der Waals surface area (Å²) >= 11 is -1.71. The molecule has 0 spiro atoms. The van der Waals surface area contributed by atoms with Crippen molar-refractivity contribution in [3.63, 3.8) is 0 Å². The van der Waals surface area contributed by atoms with Gasteiger partial charge in [0.05, 0.1) is 0 Å². The van der Waals surface area contributed by atoms with E-state index in [1.807, 2.05) is 0 Å². The number of rotatable bonds is 2. The third kappa shape index (κ3) is 4.05. The van der Waals surface area contributed by atoms with Gasteiger partial charge in [0, 0.05) is 0 Å². The van der Waals surface area contributed by atoms with Crippen LogP contribution in [0.2, 0.25) is 0 Å². The van der Waals surface area contributed by atoms with Gasteiger partial charge < -0.3 is 0 Å². The van der Waals surface area contributed by atoms with E-state index in [0.717, 1.165) is 0 Å². The summed E-state index contributed by atoms with van der Waals surface area (Å²) in [4.78, 5) is 0. The van der Waals surface area contributed by atoms with E-state index in [2.05, 4.69) is 4.18 Å². The number of hydrogen-bond acceptors (Lipinski definition) is 2. The van der Waals surface area contributed by atoms with Crippen LogP contribution in [0, 0.1) is 0 Å². The Morgan fingerprint density at radius 3 is 1.55 bits per heavy atom. The van der Waals surface area contributed by atoms with Crippen molar-refractivity contribution in [1.29, 1.82) is 0 Å². The summed E-state index contributed by atoms with van der Waals surface area (Å²) in [5, 5.41) is 0.